The summed E-state index contributed by atoms with van der Waals surface area (Å²) in [6.45, 7) is 10.8. The van der Waals surface area contributed by atoms with Gasteiger partial charge in [0.05, 0.1) is 5.54 Å². The Bertz CT molecular complexity index is 195. The van der Waals surface area contributed by atoms with Crippen molar-refractivity contribution in [3.8, 4) is 0 Å². The van der Waals surface area contributed by atoms with Crippen molar-refractivity contribution in [3.05, 3.63) is 0 Å². The van der Waals surface area contributed by atoms with Crippen LogP contribution in [0.1, 0.15) is 34.6 Å². The van der Waals surface area contributed by atoms with Gasteiger partial charge in [-0.15, -0.1) is 0 Å². The van der Waals surface area contributed by atoms with Gasteiger partial charge in [0.1, 0.15) is 0 Å². The molecule has 0 saturated carbocycles. The van der Waals surface area contributed by atoms with E-state index in [9.17, 15) is 4.79 Å². The maximum absolute atomic E-state index is 11.8. The lowest BCUT2D eigenvalue weighted by atomic mass is 10.0. The maximum Gasteiger partial charge on any atom is 0.239 e. The fourth-order valence-corrected chi connectivity index (χ4v) is 1.94. The smallest absolute Gasteiger partial charge is 0.239 e. The fourth-order valence-electron chi connectivity index (χ4n) is 1.26. The molecule has 90 valence electrons. The number of hydrogen-bond acceptors (Lipinski definition) is 3. The van der Waals surface area contributed by atoms with E-state index in [1.807, 2.05) is 39.5 Å². The Morgan fingerprint density at radius 2 is 2.00 bits per heavy atom. The van der Waals surface area contributed by atoms with Crippen molar-refractivity contribution in [2.75, 3.05) is 18.1 Å². The summed E-state index contributed by atoms with van der Waals surface area (Å²) in [7, 11) is 0. The second-order valence-electron chi connectivity index (χ2n) is 4.19. The van der Waals surface area contributed by atoms with Crippen molar-refractivity contribution in [1.29, 1.82) is 0 Å². The van der Waals surface area contributed by atoms with Crippen molar-refractivity contribution in [2.24, 2.45) is 0 Å². The molecule has 0 bridgehead atoms. The molecule has 1 atom stereocenters. The van der Waals surface area contributed by atoms with E-state index in [0.29, 0.717) is 0 Å². The number of carbonyl (C=O) groups is 1. The molecule has 0 saturated heterocycles. The van der Waals surface area contributed by atoms with Crippen molar-refractivity contribution in [1.82, 2.24) is 10.6 Å². The van der Waals surface area contributed by atoms with Gasteiger partial charge >= 0.3 is 0 Å². The first-order valence-electron chi connectivity index (χ1n) is 5.57. The van der Waals surface area contributed by atoms with E-state index in [1.165, 1.54) is 0 Å². The molecule has 0 aliphatic heterocycles. The van der Waals surface area contributed by atoms with E-state index in [2.05, 4.69) is 17.6 Å². The molecule has 15 heavy (non-hydrogen) atoms. The molecule has 1 unspecified atom stereocenters. The molecule has 0 aromatic heterocycles. The van der Waals surface area contributed by atoms with Gasteiger partial charge in [0, 0.05) is 11.8 Å². The van der Waals surface area contributed by atoms with Crippen molar-refractivity contribution in [3.63, 3.8) is 0 Å². The minimum atomic E-state index is -0.472. The van der Waals surface area contributed by atoms with Crippen LogP contribution < -0.4 is 10.6 Å². The van der Waals surface area contributed by atoms with Crippen LogP contribution in [-0.2, 0) is 4.79 Å². The van der Waals surface area contributed by atoms with Crippen LogP contribution in [0.2, 0.25) is 0 Å². The van der Waals surface area contributed by atoms with Crippen LogP contribution in [0.15, 0.2) is 0 Å². The second kappa shape index (κ2) is 7.12. The summed E-state index contributed by atoms with van der Waals surface area (Å²) in [5, 5.41) is 6.18. The first kappa shape index (κ1) is 14.8. The number of hydrogen-bond donors (Lipinski definition) is 2. The number of nitrogens with one attached hydrogen (secondary N) is 2. The SMILES string of the molecule is CCNC(C)(C)C(=O)NC(C)CSCC. The number of thioether (sulfide) groups is 1. The standard InChI is InChI=1S/C11H24N2OS/c1-6-12-11(4,5)10(14)13-9(3)8-15-7-2/h9,12H,6-8H2,1-5H3,(H,13,14). The van der Waals surface area contributed by atoms with Gasteiger partial charge in [0.25, 0.3) is 0 Å². The summed E-state index contributed by atoms with van der Waals surface area (Å²) < 4.78 is 0. The zero-order valence-corrected chi connectivity index (χ0v) is 11.3. The van der Waals surface area contributed by atoms with Crippen molar-refractivity contribution >= 4 is 17.7 Å². The van der Waals surface area contributed by atoms with Gasteiger partial charge in [0.15, 0.2) is 0 Å². The van der Waals surface area contributed by atoms with Crippen LogP contribution in [0.4, 0.5) is 0 Å². The molecule has 0 fully saturated rings. The van der Waals surface area contributed by atoms with E-state index in [4.69, 9.17) is 0 Å². The summed E-state index contributed by atoms with van der Waals surface area (Å²) in [6, 6.07) is 0.236. The predicted molar refractivity (Wildman–Crippen MR) is 68.4 cm³/mol. The van der Waals surface area contributed by atoms with Gasteiger partial charge in [-0.3, -0.25) is 4.79 Å². The molecule has 0 radical (unpaired) electrons. The van der Waals surface area contributed by atoms with Gasteiger partial charge < -0.3 is 10.6 Å². The Kier molecular flexibility index (Phi) is 7.02. The number of rotatable bonds is 7. The maximum atomic E-state index is 11.8. The zero-order valence-electron chi connectivity index (χ0n) is 10.5. The van der Waals surface area contributed by atoms with E-state index in [0.717, 1.165) is 18.1 Å². The topological polar surface area (TPSA) is 41.1 Å². The van der Waals surface area contributed by atoms with Crippen LogP contribution in [0.5, 0.6) is 0 Å². The number of likely N-dealkylation sites (N-methyl/N-ethyl adjacent to an activating group) is 1. The van der Waals surface area contributed by atoms with Crippen LogP contribution in [0.25, 0.3) is 0 Å². The first-order valence-corrected chi connectivity index (χ1v) is 6.73. The van der Waals surface area contributed by atoms with E-state index in [1.54, 1.807) is 0 Å². The third-order valence-electron chi connectivity index (χ3n) is 2.14. The van der Waals surface area contributed by atoms with E-state index in [-0.39, 0.29) is 11.9 Å². The van der Waals surface area contributed by atoms with Crippen LogP contribution in [0.3, 0.4) is 0 Å². The molecule has 0 aliphatic rings. The molecular weight excluding hydrogens is 208 g/mol. The zero-order chi connectivity index (χ0) is 11.9. The molecule has 1 amide bonds. The van der Waals surface area contributed by atoms with E-state index >= 15 is 0 Å². The molecular formula is C11H24N2OS. The monoisotopic (exact) mass is 232 g/mol. The lowest BCUT2D eigenvalue weighted by molar-refractivity contribution is -0.126. The highest BCUT2D eigenvalue weighted by Gasteiger charge is 2.26. The largest absolute Gasteiger partial charge is 0.351 e. The van der Waals surface area contributed by atoms with Crippen molar-refractivity contribution < 1.29 is 4.79 Å². The summed E-state index contributed by atoms with van der Waals surface area (Å²) in [6.07, 6.45) is 0. The molecule has 0 aromatic rings. The Morgan fingerprint density at radius 1 is 1.40 bits per heavy atom. The lowest BCUT2D eigenvalue weighted by Gasteiger charge is -2.26. The molecule has 0 heterocycles. The Balaban J connectivity index is 4.00. The Labute approximate surface area is 97.8 Å². The molecule has 0 aliphatic carbocycles. The molecule has 2 N–H and O–H groups in total. The number of amides is 1. The molecule has 3 nitrogen and oxygen atoms in total. The third-order valence-corrected chi connectivity index (χ3v) is 3.28. The average molecular weight is 232 g/mol. The summed E-state index contributed by atoms with van der Waals surface area (Å²) in [4.78, 5) is 11.8. The van der Waals surface area contributed by atoms with Crippen LogP contribution in [0, 0.1) is 0 Å². The quantitative estimate of drug-likeness (QED) is 0.701. The normalized spacial score (nSPS) is 13.7. The van der Waals surface area contributed by atoms with Crippen LogP contribution >= 0.6 is 11.8 Å². The minimum absolute atomic E-state index is 0.0774. The first-order chi connectivity index (χ1) is 6.94. The molecule has 0 spiro atoms. The Hall–Kier alpha value is -0.220. The fraction of sp³-hybridized carbons (Fsp3) is 0.909. The van der Waals surface area contributed by atoms with Gasteiger partial charge in [-0.05, 0) is 33.1 Å². The van der Waals surface area contributed by atoms with Gasteiger partial charge in [-0.25, -0.2) is 0 Å². The molecule has 4 heteroatoms. The third kappa shape index (κ3) is 6.05. The van der Waals surface area contributed by atoms with E-state index < -0.39 is 5.54 Å². The highest BCUT2D eigenvalue weighted by molar-refractivity contribution is 7.99. The van der Waals surface area contributed by atoms with Gasteiger partial charge in [-0.2, -0.15) is 11.8 Å². The number of carbonyl (C=O) groups excluding carboxylic acids is 1. The van der Waals surface area contributed by atoms with Gasteiger partial charge in [-0.1, -0.05) is 13.8 Å². The highest BCUT2D eigenvalue weighted by atomic mass is 32.2. The second-order valence-corrected chi connectivity index (χ2v) is 5.51. The Morgan fingerprint density at radius 3 is 2.47 bits per heavy atom. The predicted octanol–water partition coefficient (Wildman–Crippen LogP) is 1.63. The summed E-state index contributed by atoms with van der Waals surface area (Å²) >= 11 is 1.85. The summed E-state index contributed by atoms with van der Waals surface area (Å²) in [5.41, 5.74) is -0.472. The minimum Gasteiger partial charge on any atom is -0.351 e. The summed E-state index contributed by atoms with van der Waals surface area (Å²) in [5.74, 6) is 2.15. The lowest BCUT2D eigenvalue weighted by Crippen LogP contribution is -2.54. The highest BCUT2D eigenvalue weighted by Crippen LogP contribution is 2.05. The van der Waals surface area contributed by atoms with Gasteiger partial charge in [0.2, 0.25) is 5.91 Å². The molecule has 0 aromatic carbocycles. The average Bonchev–Trinajstić information content (AvgIpc) is 2.14. The molecule has 0 rings (SSSR count). The van der Waals surface area contributed by atoms with Crippen LogP contribution in [-0.4, -0.2) is 35.5 Å². The van der Waals surface area contributed by atoms with Crippen molar-refractivity contribution in [2.45, 2.75) is 46.2 Å².